The van der Waals surface area contributed by atoms with Crippen LogP contribution in [0.15, 0.2) is 11.4 Å². The molecule has 0 saturated heterocycles. The Labute approximate surface area is 42.5 Å². The lowest BCUT2D eigenvalue weighted by Crippen LogP contribution is -2.06. The Kier molecular flexibility index (Phi) is 1.91. The minimum atomic E-state index is 0.333. The molecule has 0 heterocycles. The van der Waals surface area contributed by atoms with E-state index in [4.69, 9.17) is 16.9 Å². The van der Waals surface area contributed by atoms with Gasteiger partial charge in [-0.05, 0) is 6.92 Å². The molecule has 0 unspecified atom stereocenters. The Morgan fingerprint density at radius 3 is 2.00 bits per heavy atom. The fourth-order valence-electron chi connectivity index (χ4n) is 0.114. The van der Waals surface area contributed by atoms with Crippen molar-refractivity contribution in [2.45, 2.75) is 6.92 Å². The third kappa shape index (κ3) is 1.81. The third-order valence-corrected chi connectivity index (χ3v) is 0.611. The second-order valence-electron chi connectivity index (χ2n) is 1.28. The number of rotatable bonds is 1. The molecule has 0 bridgehead atoms. The topological polar surface area (TPSA) is 75.9 Å². The van der Waals surface area contributed by atoms with Crippen LogP contribution in [0.1, 0.15) is 6.92 Å². The normalized spacial score (nSPS) is 12.7. The first-order chi connectivity index (χ1) is 3.18. The van der Waals surface area contributed by atoms with E-state index in [2.05, 4.69) is 0 Å². The molecule has 7 heavy (non-hydrogen) atoms. The van der Waals surface area contributed by atoms with Crippen LogP contribution in [-0.2, 0) is 0 Å². The van der Waals surface area contributed by atoms with Gasteiger partial charge in [-0.3, -0.25) is 0 Å². The molecule has 0 amide bonds. The fourth-order valence-corrected chi connectivity index (χ4v) is 0.114. The summed E-state index contributed by atoms with van der Waals surface area (Å²) in [7, 11) is 0. The summed E-state index contributed by atoms with van der Waals surface area (Å²) in [5.41, 5.74) is 11.1. The molecular weight excluding hydrogens is 90.1 g/mol. The van der Waals surface area contributed by atoms with Crippen molar-refractivity contribution in [3.05, 3.63) is 11.4 Å². The lowest BCUT2D eigenvalue weighted by Gasteiger charge is -1.90. The molecular formula is C4H9N3. The van der Waals surface area contributed by atoms with Gasteiger partial charge in [0, 0.05) is 11.9 Å². The Balaban J connectivity index is 3.98. The van der Waals surface area contributed by atoms with Gasteiger partial charge in [0.05, 0.1) is 5.70 Å². The molecule has 0 spiro atoms. The summed E-state index contributed by atoms with van der Waals surface area (Å²) in [6, 6.07) is 0. The average Bonchev–Trinajstić information content (AvgIpc) is 1.65. The van der Waals surface area contributed by atoms with E-state index in [1.807, 2.05) is 0 Å². The van der Waals surface area contributed by atoms with Gasteiger partial charge in [-0.1, -0.05) is 0 Å². The molecule has 0 aromatic rings. The summed E-state index contributed by atoms with van der Waals surface area (Å²) in [4.78, 5) is 0. The SMILES string of the molecule is CC(N)=C(N)C=N. The molecule has 0 radical (unpaired) electrons. The predicted octanol–water partition coefficient (Wildman–Crippen LogP) is -0.215. The highest BCUT2D eigenvalue weighted by atomic mass is 14.7. The van der Waals surface area contributed by atoms with Gasteiger partial charge in [-0.25, -0.2) is 0 Å². The molecule has 0 aliphatic heterocycles. The zero-order chi connectivity index (χ0) is 5.86. The van der Waals surface area contributed by atoms with Crippen molar-refractivity contribution in [3.63, 3.8) is 0 Å². The van der Waals surface area contributed by atoms with Crippen LogP contribution < -0.4 is 11.5 Å². The van der Waals surface area contributed by atoms with Crippen molar-refractivity contribution in [3.8, 4) is 0 Å². The van der Waals surface area contributed by atoms with Gasteiger partial charge in [-0.15, -0.1) is 0 Å². The average molecular weight is 99.1 g/mol. The van der Waals surface area contributed by atoms with Gasteiger partial charge in [0.15, 0.2) is 0 Å². The van der Waals surface area contributed by atoms with Gasteiger partial charge in [0.25, 0.3) is 0 Å². The predicted molar refractivity (Wildman–Crippen MR) is 29.9 cm³/mol. The van der Waals surface area contributed by atoms with Gasteiger partial charge in [0.2, 0.25) is 0 Å². The van der Waals surface area contributed by atoms with Gasteiger partial charge in [-0.2, -0.15) is 0 Å². The fraction of sp³-hybridized carbons (Fsp3) is 0.250. The smallest absolute Gasteiger partial charge is 0.0680 e. The van der Waals surface area contributed by atoms with Crippen LogP contribution in [0.5, 0.6) is 0 Å². The number of nitrogens with two attached hydrogens (primary N) is 2. The van der Waals surface area contributed by atoms with Crippen molar-refractivity contribution in [1.29, 1.82) is 5.41 Å². The van der Waals surface area contributed by atoms with E-state index in [1.54, 1.807) is 6.92 Å². The molecule has 0 aromatic carbocycles. The molecule has 40 valence electrons. The van der Waals surface area contributed by atoms with E-state index in [0.717, 1.165) is 6.21 Å². The zero-order valence-electron chi connectivity index (χ0n) is 4.23. The summed E-state index contributed by atoms with van der Waals surface area (Å²) in [5, 5.41) is 6.55. The minimum absolute atomic E-state index is 0.333. The Hall–Kier alpha value is -0.990. The maximum absolute atomic E-state index is 6.55. The Bertz CT molecular complexity index is 99.5. The van der Waals surface area contributed by atoms with Crippen LogP contribution in [-0.4, -0.2) is 6.21 Å². The van der Waals surface area contributed by atoms with Crippen LogP contribution >= 0.6 is 0 Å². The highest BCUT2D eigenvalue weighted by molar-refractivity contribution is 5.74. The number of hydrogen-bond acceptors (Lipinski definition) is 3. The van der Waals surface area contributed by atoms with Crippen molar-refractivity contribution >= 4 is 6.21 Å². The zero-order valence-corrected chi connectivity index (χ0v) is 4.23. The van der Waals surface area contributed by atoms with E-state index in [9.17, 15) is 0 Å². The van der Waals surface area contributed by atoms with E-state index < -0.39 is 0 Å². The number of allylic oxidation sites excluding steroid dienone is 2. The highest BCUT2D eigenvalue weighted by Gasteiger charge is 1.81. The summed E-state index contributed by atoms with van der Waals surface area (Å²) in [6.07, 6.45) is 1.02. The van der Waals surface area contributed by atoms with Gasteiger partial charge in [0.1, 0.15) is 0 Å². The number of hydrogen-bond donors (Lipinski definition) is 3. The molecule has 5 N–H and O–H groups in total. The molecule has 0 aliphatic carbocycles. The molecule has 0 rings (SSSR count). The Morgan fingerprint density at radius 1 is 1.57 bits per heavy atom. The minimum Gasteiger partial charge on any atom is -0.401 e. The summed E-state index contributed by atoms with van der Waals surface area (Å²) < 4.78 is 0. The molecule has 0 atom stereocenters. The van der Waals surface area contributed by atoms with E-state index in [-0.39, 0.29) is 0 Å². The van der Waals surface area contributed by atoms with Crippen LogP contribution in [0.3, 0.4) is 0 Å². The Morgan fingerprint density at radius 2 is 2.00 bits per heavy atom. The second kappa shape index (κ2) is 2.23. The first-order valence-corrected chi connectivity index (χ1v) is 1.90. The van der Waals surface area contributed by atoms with E-state index in [0.29, 0.717) is 11.4 Å². The summed E-state index contributed by atoms with van der Waals surface area (Å²) >= 11 is 0. The van der Waals surface area contributed by atoms with Crippen LogP contribution in [0.4, 0.5) is 0 Å². The van der Waals surface area contributed by atoms with Crippen molar-refractivity contribution < 1.29 is 0 Å². The monoisotopic (exact) mass is 99.1 g/mol. The van der Waals surface area contributed by atoms with Crippen molar-refractivity contribution in [2.24, 2.45) is 11.5 Å². The van der Waals surface area contributed by atoms with Crippen LogP contribution in [0, 0.1) is 5.41 Å². The number of nitrogens with one attached hydrogen (secondary N) is 1. The first kappa shape index (κ1) is 6.01. The molecule has 3 nitrogen and oxygen atoms in total. The lowest BCUT2D eigenvalue weighted by molar-refractivity contribution is 1.23. The maximum Gasteiger partial charge on any atom is 0.0680 e. The molecule has 3 heteroatoms. The van der Waals surface area contributed by atoms with Crippen molar-refractivity contribution in [2.75, 3.05) is 0 Å². The van der Waals surface area contributed by atoms with Gasteiger partial charge >= 0.3 is 0 Å². The largest absolute Gasteiger partial charge is 0.401 e. The molecule has 0 fully saturated rings. The standard InChI is InChI=1S/C4H9N3/c1-3(6)4(7)2-5/h2,5H,6-7H2,1H3. The van der Waals surface area contributed by atoms with Crippen LogP contribution in [0.25, 0.3) is 0 Å². The highest BCUT2D eigenvalue weighted by Crippen LogP contribution is 1.80. The lowest BCUT2D eigenvalue weighted by atomic mass is 10.4. The summed E-state index contributed by atoms with van der Waals surface area (Å²) in [6.45, 7) is 1.65. The molecule has 0 aliphatic rings. The van der Waals surface area contributed by atoms with E-state index in [1.165, 1.54) is 0 Å². The quantitative estimate of drug-likeness (QED) is 0.398. The van der Waals surface area contributed by atoms with Crippen LogP contribution in [0.2, 0.25) is 0 Å². The molecule has 0 saturated carbocycles. The second-order valence-corrected chi connectivity index (χ2v) is 1.28. The van der Waals surface area contributed by atoms with E-state index >= 15 is 0 Å². The summed E-state index contributed by atoms with van der Waals surface area (Å²) in [5.74, 6) is 0. The first-order valence-electron chi connectivity index (χ1n) is 1.90. The maximum atomic E-state index is 6.55. The molecule has 0 aromatic heterocycles. The third-order valence-electron chi connectivity index (χ3n) is 0.611. The van der Waals surface area contributed by atoms with Gasteiger partial charge < -0.3 is 16.9 Å². The van der Waals surface area contributed by atoms with Crippen molar-refractivity contribution in [1.82, 2.24) is 0 Å².